The van der Waals surface area contributed by atoms with Gasteiger partial charge in [-0.25, -0.2) is 4.79 Å². The van der Waals surface area contributed by atoms with E-state index in [1.807, 2.05) is 30.4 Å². The molecule has 3 rings (SSSR count). The molecule has 0 bridgehead atoms. The number of alkyl halides is 1. The summed E-state index contributed by atoms with van der Waals surface area (Å²) in [6, 6.07) is 8.17. The van der Waals surface area contributed by atoms with E-state index < -0.39 is 17.6 Å². The van der Waals surface area contributed by atoms with Crippen molar-refractivity contribution in [1.29, 1.82) is 0 Å². The molecule has 300 valence electrons. The van der Waals surface area contributed by atoms with Gasteiger partial charge in [0.25, 0.3) is 0 Å². The van der Waals surface area contributed by atoms with Gasteiger partial charge in [0.05, 0.1) is 12.2 Å². The van der Waals surface area contributed by atoms with E-state index in [0.29, 0.717) is 25.7 Å². The van der Waals surface area contributed by atoms with Crippen molar-refractivity contribution in [2.24, 2.45) is 17.3 Å². The van der Waals surface area contributed by atoms with Crippen molar-refractivity contribution in [2.45, 2.75) is 191 Å². The van der Waals surface area contributed by atoms with Crippen LogP contribution in [0.4, 0.5) is 5.69 Å². The fraction of sp³-hybridized carbons (Fsp3) is 0.739. The molecule has 1 aromatic rings. The molecule has 3 N–H and O–H groups in total. The van der Waals surface area contributed by atoms with Crippen molar-refractivity contribution < 1.29 is 24.9 Å². The lowest BCUT2D eigenvalue weighted by Crippen LogP contribution is -2.53. The maximum Gasteiger partial charge on any atom is 0.329 e. The lowest BCUT2D eigenvalue weighted by atomic mass is 9.63. The molecular weight excluding hydrogens is 682 g/mol. The Balaban J connectivity index is 1.45. The number of carbonyl (C=O) groups is 2. The third kappa shape index (κ3) is 13.8. The summed E-state index contributed by atoms with van der Waals surface area (Å²) < 4.78 is 0. The number of aliphatic hydroxyl groups excluding tert-OH is 2. The highest BCUT2D eigenvalue weighted by molar-refractivity contribution is 6.21. The van der Waals surface area contributed by atoms with E-state index in [9.17, 15) is 24.9 Å². The second-order valence-electron chi connectivity index (χ2n) is 16.5. The molecule has 2 saturated carbocycles. The minimum Gasteiger partial charge on any atom is -0.479 e. The summed E-state index contributed by atoms with van der Waals surface area (Å²) in [4.78, 5) is 26.4. The topological polar surface area (TPSA) is 98.1 Å². The third-order valence-corrected chi connectivity index (χ3v) is 13.5. The molecule has 0 saturated heterocycles. The quantitative estimate of drug-likeness (QED) is 0.0326. The van der Waals surface area contributed by atoms with E-state index in [2.05, 4.69) is 32.1 Å². The van der Waals surface area contributed by atoms with E-state index in [0.717, 1.165) is 44.1 Å². The number of aryl methyl sites for hydroxylation is 1. The fourth-order valence-corrected chi connectivity index (χ4v) is 9.34. The van der Waals surface area contributed by atoms with Crippen molar-refractivity contribution >= 4 is 29.5 Å². The predicted molar refractivity (Wildman–Crippen MR) is 222 cm³/mol. The second kappa shape index (κ2) is 24.4. The number of allylic oxidation sites excluding steroid dienone is 2. The SMILES string of the molecule is CCCCCCCCCCCCCCCc1ccc(N(C)C(CC=O)(CC/C=C\C[C@@H]2[C@@H](/C=C/C[C@H](O)C3(CC)CCC3)[C@H](O)C[C@H]2Cl)C(=O)O)cc1. The van der Waals surface area contributed by atoms with E-state index >= 15 is 0 Å². The summed E-state index contributed by atoms with van der Waals surface area (Å²) in [5.74, 6) is -1.03. The Bertz CT molecular complexity index is 1220. The van der Waals surface area contributed by atoms with Crippen LogP contribution in [0.3, 0.4) is 0 Å². The van der Waals surface area contributed by atoms with Gasteiger partial charge in [-0.3, -0.25) is 0 Å². The van der Waals surface area contributed by atoms with Crippen LogP contribution in [0.1, 0.15) is 167 Å². The van der Waals surface area contributed by atoms with Crippen molar-refractivity contribution in [3.63, 3.8) is 0 Å². The number of hydrogen-bond acceptors (Lipinski definition) is 5. The normalized spacial score (nSPS) is 22.9. The van der Waals surface area contributed by atoms with Crippen LogP contribution in [-0.4, -0.2) is 57.7 Å². The molecule has 0 spiro atoms. The molecule has 2 aliphatic rings. The molecule has 0 amide bonds. The number of aldehydes is 1. The third-order valence-electron chi connectivity index (χ3n) is 13.0. The Hall–Kier alpha value is -2.15. The van der Waals surface area contributed by atoms with Crippen molar-refractivity contribution in [3.8, 4) is 0 Å². The summed E-state index contributed by atoms with van der Waals surface area (Å²) in [7, 11) is 1.78. The number of carboxylic acid groups (broad SMARTS) is 1. The number of hydrogen-bond donors (Lipinski definition) is 3. The molecule has 1 aromatic carbocycles. The Morgan fingerprint density at radius 1 is 0.943 bits per heavy atom. The number of aliphatic carboxylic acids is 1. The van der Waals surface area contributed by atoms with Crippen LogP contribution >= 0.6 is 11.6 Å². The van der Waals surface area contributed by atoms with Gasteiger partial charge < -0.3 is 25.0 Å². The van der Waals surface area contributed by atoms with E-state index in [1.54, 1.807) is 11.9 Å². The largest absolute Gasteiger partial charge is 0.479 e. The predicted octanol–water partition coefficient (Wildman–Crippen LogP) is 11.4. The summed E-state index contributed by atoms with van der Waals surface area (Å²) in [6.45, 7) is 4.43. The van der Waals surface area contributed by atoms with Gasteiger partial charge in [-0.1, -0.05) is 134 Å². The van der Waals surface area contributed by atoms with Crippen LogP contribution in [0.5, 0.6) is 0 Å². The molecule has 6 nitrogen and oxygen atoms in total. The summed E-state index contributed by atoms with van der Waals surface area (Å²) in [5, 5.41) is 31.9. The van der Waals surface area contributed by atoms with Crippen molar-refractivity contribution in [2.75, 3.05) is 11.9 Å². The summed E-state index contributed by atoms with van der Waals surface area (Å²) in [6.07, 6.45) is 33.2. The van der Waals surface area contributed by atoms with Crippen LogP contribution in [-0.2, 0) is 16.0 Å². The molecule has 0 aliphatic heterocycles. The number of anilines is 1. The zero-order valence-electron chi connectivity index (χ0n) is 33.5. The van der Waals surface area contributed by atoms with Gasteiger partial charge in [-0.2, -0.15) is 0 Å². The van der Waals surface area contributed by atoms with Crippen LogP contribution in [0, 0.1) is 17.3 Å². The first-order valence-electron chi connectivity index (χ1n) is 21.5. The standard InChI is InChI=1S/C46H74ClNO5/c1-4-6-7-8-9-10-11-12-13-14-15-16-18-23-37-27-29-38(30-28-37)48(3)46(34-35-49,44(52)53)33-20-17-19-24-39-40(42(50)36-41(39)47)25-21-26-43(51)45(5-2)31-22-32-45/h17,19,21,25,27-30,35,39-43,50-51H,4-16,18,20,22-24,26,31-34,36H2,1-3H3,(H,52,53)/b19-17-,25-21+/t39-,40-,41-,42-,43+,46?/m1/s1. The van der Waals surface area contributed by atoms with E-state index in [1.165, 1.54) is 89.0 Å². The minimum absolute atomic E-state index is 0.0495. The van der Waals surface area contributed by atoms with Gasteiger partial charge in [0.15, 0.2) is 0 Å². The lowest BCUT2D eigenvalue weighted by Gasteiger charge is -2.45. The zero-order valence-corrected chi connectivity index (χ0v) is 34.3. The first kappa shape index (κ1) is 45.2. The number of rotatable bonds is 29. The summed E-state index contributed by atoms with van der Waals surface area (Å²) in [5.41, 5.74) is 0.739. The smallest absolute Gasteiger partial charge is 0.329 e. The average Bonchev–Trinajstić information content (AvgIpc) is 3.39. The Morgan fingerprint density at radius 2 is 1.55 bits per heavy atom. The monoisotopic (exact) mass is 756 g/mol. The Kier molecular flexibility index (Phi) is 20.8. The van der Waals surface area contributed by atoms with Gasteiger partial charge in [-0.05, 0) is 93.2 Å². The molecule has 1 unspecified atom stereocenters. The Labute approximate surface area is 327 Å². The van der Waals surface area contributed by atoms with Crippen LogP contribution in [0.15, 0.2) is 48.6 Å². The molecular formula is C46H74ClNO5. The maximum atomic E-state index is 12.8. The molecule has 53 heavy (non-hydrogen) atoms. The van der Waals surface area contributed by atoms with Crippen LogP contribution in [0.25, 0.3) is 0 Å². The molecule has 6 atom stereocenters. The lowest BCUT2D eigenvalue weighted by molar-refractivity contribution is -0.144. The summed E-state index contributed by atoms with van der Waals surface area (Å²) >= 11 is 6.71. The second-order valence-corrected chi connectivity index (χ2v) is 17.0. The number of likely N-dealkylation sites (N-methyl/N-ethyl adjacent to an activating group) is 1. The van der Waals surface area contributed by atoms with Gasteiger partial charge in [0.1, 0.15) is 11.8 Å². The van der Waals surface area contributed by atoms with Gasteiger partial charge in [0.2, 0.25) is 0 Å². The molecule has 2 aliphatic carbocycles. The zero-order chi connectivity index (χ0) is 38.5. The van der Waals surface area contributed by atoms with Gasteiger partial charge >= 0.3 is 5.97 Å². The number of carboxylic acids is 1. The molecule has 2 fully saturated rings. The number of nitrogens with zero attached hydrogens (tertiary/aromatic N) is 1. The van der Waals surface area contributed by atoms with Crippen LogP contribution in [0.2, 0.25) is 0 Å². The van der Waals surface area contributed by atoms with Crippen molar-refractivity contribution in [3.05, 3.63) is 54.1 Å². The van der Waals surface area contributed by atoms with E-state index in [4.69, 9.17) is 11.6 Å². The molecule has 0 radical (unpaired) electrons. The number of halogens is 1. The maximum absolute atomic E-state index is 12.8. The Morgan fingerprint density at radius 3 is 2.08 bits per heavy atom. The number of benzene rings is 1. The molecule has 0 aromatic heterocycles. The minimum atomic E-state index is -1.36. The highest BCUT2D eigenvalue weighted by Crippen LogP contribution is 2.48. The molecule has 7 heteroatoms. The first-order valence-corrected chi connectivity index (χ1v) is 21.9. The fourth-order valence-electron chi connectivity index (χ4n) is 8.89. The number of aliphatic hydroxyl groups is 2. The van der Waals surface area contributed by atoms with Gasteiger partial charge in [-0.15, -0.1) is 11.6 Å². The van der Waals surface area contributed by atoms with E-state index in [-0.39, 0.29) is 41.6 Å². The van der Waals surface area contributed by atoms with Crippen molar-refractivity contribution in [1.82, 2.24) is 0 Å². The highest BCUT2D eigenvalue weighted by Gasteiger charge is 2.43. The first-order chi connectivity index (χ1) is 25.6. The highest BCUT2D eigenvalue weighted by atomic mass is 35.5. The molecule has 0 heterocycles. The van der Waals surface area contributed by atoms with Crippen LogP contribution < -0.4 is 4.90 Å². The van der Waals surface area contributed by atoms with Gasteiger partial charge in [0, 0.05) is 30.5 Å². The average molecular weight is 757 g/mol. The number of unbranched alkanes of at least 4 members (excludes halogenated alkanes) is 12. The number of carbonyl (C=O) groups excluding carboxylic acids is 1.